The Morgan fingerprint density at radius 2 is 1.86 bits per heavy atom. The first-order valence-corrected chi connectivity index (χ1v) is 9.67. The third-order valence-corrected chi connectivity index (χ3v) is 6.68. The molecule has 2 fully saturated rings. The van der Waals surface area contributed by atoms with Crippen LogP contribution in [0, 0.1) is 11.8 Å². The van der Waals surface area contributed by atoms with Crippen LogP contribution in [0.3, 0.4) is 0 Å². The lowest BCUT2D eigenvalue weighted by Gasteiger charge is -2.21. The molecule has 0 atom stereocenters. The smallest absolute Gasteiger partial charge is 0.247 e. The molecule has 0 aromatic carbocycles. The van der Waals surface area contributed by atoms with Crippen molar-refractivity contribution < 1.29 is 12.8 Å². The molecule has 0 spiro atoms. The highest BCUT2D eigenvalue weighted by Crippen LogP contribution is 2.37. The SMILES string of the molecule is CNCc1cc(S(=O)(=O)N(CC2CC2)CC2CC2)c(Br)o1. The van der Waals surface area contributed by atoms with Crippen molar-refractivity contribution >= 4 is 26.0 Å². The van der Waals surface area contributed by atoms with Gasteiger partial charge in [0.25, 0.3) is 0 Å². The fourth-order valence-electron chi connectivity index (χ4n) is 2.42. The highest BCUT2D eigenvalue weighted by molar-refractivity contribution is 9.10. The van der Waals surface area contributed by atoms with Gasteiger partial charge in [0.1, 0.15) is 10.7 Å². The van der Waals surface area contributed by atoms with E-state index in [9.17, 15) is 8.42 Å². The molecule has 0 radical (unpaired) electrons. The van der Waals surface area contributed by atoms with Crippen molar-refractivity contribution in [2.45, 2.75) is 37.1 Å². The van der Waals surface area contributed by atoms with Gasteiger partial charge in [-0.2, -0.15) is 4.31 Å². The largest absolute Gasteiger partial charge is 0.452 e. The maximum Gasteiger partial charge on any atom is 0.247 e. The van der Waals surface area contributed by atoms with E-state index in [1.165, 1.54) is 0 Å². The zero-order chi connectivity index (χ0) is 15.0. The molecule has 0 bridgehead atoms. The molecule has 0 saturated heterocycles. The average Bonchev–Trinajstić information content (AvgIpc) is 3.32. The van der Waals surface area contributed by atoms with Gasteiger partial charge in [-0.1, -0.05) is 0 Å². The fourth-order valence-corrected chi connectivity index (χ4v) is 4.97. The molecule has 7 heteroatoms. The number of hydrogen-bond donors (Lipinski definition) is 1. The van der Waals surface area contributed by atoms with Crippen molar-refractivity contribution in [3.05, 3.63) is 16.5 Å². The number of nitrogens with one attached hydrogen (secondary N) is 1. The second-order valence-electron chi connectivity index (χ2n) is 6.09. The van der Waals surface area contributed by atoms with Crippen LogP contribution < -0.4 is 5.32 Å². The van der Waals surface area contributed by atoms with Crippen molar-refractivity contribution in [1.29, 1.82) is 0 Å². The molecular formula is C14H21BrN2O3S. The Bertz CT molecular complexity index is 592. The lowest BCUT2D eigenvalue weighted by Crippen LogP contribution is -2.34. The summed E-state index contributed by atoms with van der Waals surface area (Å²) in [6.07, 6.45) is 4.59. The highest BCUT2D eigenvalue weighted by Gasteiger charge is 2.37. The number of halogens is 1. The zero-order valence-corrected chi connectivity index (χ0v) is 14.5. The van der Waals surface area contributed by atoms with Crippen LogP contribution in [0.1, 0.15) is 31.4 Å². The number of nitrogens with zero attached hydrogens (tertiary/aromatic N) is 1. The molecule has 1 aromatic heterocycles. The first-order valence-electron chi connectivity index (χ1n) is 7.43. The van der Waals surface area contributed by atoms with Gasteiger partial charge in [0.15, 0.2) is 4.67 Å². The van der Waals surface area contributed by atoms with Crippen LogP contribution in [0.25, 0.3) is 0 Å². The van der Waals surface area contributed by atoms with Gasteiger partial charge in [-0.15, -0.1) is 0 Å². The van der Waals surface area contributed by atoms with E-state index in [4.69, 9.17) is 4.42 Å². The van der Waals surface area contributed by atoms with E-state index in [-0.39, 0.29) is 4.90 Å². The average molecular weight is 377 g/mol. The van der Waals surface area contributed by atoms with Crippen molar-refractivity contribution in [1.82, 2.24) is 9.62 Å². The summed E-state index contributed by atoms with van der Waals surface area (Å²) < 4.78 is 33.3. The second-order valence-corrected chi connectivity index (χ2v) is 8.72. The molecule has 118 valence electrons. The van der Waals surface area contributed by atoms with Crippen LogP contribution in [-0.2, 0) is 16.6 Å². The number of hydrogen-bond acceptors (Lipinski definition) is 4. The molecule has 0 unspecified atom stereocenters. The van der Waals surface area contributed by atoms with E-state index in [0.717, 1.165) is 25.7 Å². The van der Waals surface area contributed by atoms with E-state index < -0.39 is 10.0 Å². The van der Waals surface area contributed by atoms with Crippen LogP contribution in [0.15, 0.2) is 20.0 Å². The molecule has 3 rings (SSSR count). The third kappa shape index (κ3) is 3.70. The summed E-state index contributed by atoms with van der Waals surface area (Å²) in [5, 5.41) is 2.97. The minimum Gasteiger partial charge on any atom is -0.452 e. The number of sulfonamides is 1. The monoisotopic (exact) mass is 376 g/mol. The molecule has 21 heavy (non-hydrogen) atoms. The van der Waals surface area contributed by atoms with E-state index in [1.54, 1.807) is 17.4 Å². The normalized spacial score (nSPS) is 19.4. The topological polar surface area (TPSA) is 62.6 Å². The summed E-state index contributed by atoms with van der Waals surface area (Å²) in [6.45, 7) is 1.81. The first kappa shape index (κ1) is 15.5. The van der Waals surface area contributed by atoms with Gasteiger partial charge in [-0.25, -0.2) is 8.42 Å². The summed E-state index contributed by atoms with van der Waals surface area (Å²) in [4.78, 5) is 0.258. The zero-order valence-electron chi connectivity index (χ0n) is 12.1. The molecule has 5 nitrogen and oxygen atoms in total. The Hall–Kier alpha value is -0.370. The molecular weight excluding hydrogens is 356 g/mol. The Morgan fingerprint density at radius 3 is 2.33 bits per heavy atom. The van der Waals surface area contributed by atoms with Crippen LogP contribution in [0.4, 0.5) is 0 Å². The van der Waals surface area contributed by atoms with E-state index in [2.05, 4.69) is 21.2 Å². The van der Waals surface area contributed by atoms with Gasteiger partial charge in [-0.05, 0) is 60.5 Å². The minimum atomic E-state index is -3.47. The van der Waals surface area contributed by atoms with E-state index >= 15 is 0 Å². The summed E-state index contributed by atoms with van der Waals surface area (Å²) in [7, 11) is -1.67. The molecule has 2 saturated carbocycles. The van der Waals surface area contributed by atoms with Crippen LogP contribution >= 0.6 is 15.9 Å². The van der Waals surface area contributed by atoms with Crippen molar-refractivity contribution in [2.24, 2.45) is 11.8 Å². The van der Waals surface area contributed by atoms with Gasteiger partial charge in [0.05, 0.1) is 6.54 Å². The Morgan fingerprint density at radius 1 is 1.29 bits per heavy atom. The fraction of sp³-hybridized carbons (Fsp3) is 0.714. The Labute approximate surface area is 134 Å². The number of rotatable bonds is 8. The summed E-state index contributed by atoms with van der Waals surface area (Å²) >= 11 is 3.25. The van der Waals surface area contributed by atoms with Gasteiger partial charge in [0.2, 0.25) is 10.0 Å². The predicted octanol–water partition coefficient (Wildman–Crippen LogP) is 2.57. The van der Waals surface area contributed by atoms with Gasteiger partial charge in [0, 0.05) is 19.2 Å². The Balaban J connectivity index is 1.84. The standard InChI is InChI=1S/C14H21BrN2O3S/c1-16-7-12-6-13(14(15)20-12)21(18,19)17(8-10-2-3-10)9-11-4-5-11/h6,10-11,16H,2-5,7-9H2,1H3. The summed E-state index contributed by atoms with van der Waals surface area (Å²) in [5.41, 5.74) is 0. The van der Waals surface area contributed by atoms with Gasteiger partial charge >= 0.3 is 0 Å². The lowest BCUT2D eigenvalue weighted by molar-refractivity contribution is 0.380. The van der Waals surface area contributed by atoms with E-state index in [1.807, 2.05) is 0 Å². The molecule has 1 heterocycles. The quantitative estimate of drug-likeness (QED) is 0.757. The molecule has 0 aliphatic heterocycles. The molecule has 1 N–H and O–H groups in total. The summed E-state index contributed by atoms with van der Waals surface area (Å²) in [5.74, 6) is 1.71. The van der Waals surface area contributed by atoms with Crippen LogP contribution in [0.2, 0.25) is 0 Å². The Kier molecular flexibility index (Phi) is 4.45. The second kappa shape index (κ2) is 6.02. The van der Waals surface area contributed by atoms with Crippen molar-refractivity contribution in [2.75, 3.05) is 20.1 Å². The molecule has 0 amide bonds. The molecule has 2 aliphatic carbocycles. The lowest BCUT2D eigenvalue weighted by atomic mass is 10.4. The van der Waals surface area contributed by atoms with Gasteiger partial charge in [-0.3, -0.25) is 0 Å². The number of furan rings is 1. The van der Waals surface area contributed by atoms with E-state index in [0.29, 0.717) is 41.9 Å². The maximum atomic E-state index is 12.9. The third-order valence-electron chi connectivity index (χ3n) is 3.99. The van der Waals surface area contributed by atoms with Crippen molar-refractivity contribution in [3.8, 4) is 0 Å². The van der Waals surface area contributed by atoms with Crippen LogP contribution in [-0.4, -0.2) is 32.9 Å². The van der Waals surface area contributed by atoms with Crippen LogP contribution in [0.5, 0.6) is 0 Å². The maximum absolute atomic E-state index is 12.9. The van der Waals surface area contributed by atoms with Gasteiger partial charge < -0.3 is 9.73 Å². The highest BCUT2D eigenvalue weighted by atomic mass is 79.9. The minimum absolute atomic E-state index is 0.258. The summed E-state index contributed by atoms with van der Waals surface area (Å²) in [6, 6.07) is 1.63. The molecule has 2 aliphatic rings. The molecule has 1 aromatic rings. The first-order chi connectivity index (χ1) is 10.0. The van der Waals surface area contributed by atoms with Crippen molar-refractivity contribution in [3.63, 3.8) is 0 Å². The predicted molar refractivity (Wildman–Crippen MR) is 83.4 cm³/mol.